The summed E-state index contributed by atoms with van der Waals surface area (Å²) in [7, 11) is 0. The molecule has 2 bridgehead atoms. The number of benzene rings is 2. The number of Topliss-reactive ketones (excluding diaryl/α,β-unsaturated/α-hetero) is 1. The maximum Gasteiger partial charge on any atom is 0.201 e. The summed E-state index contributed by atoms with van der Waals surface area (Å²) in [6.07, 6.45) is 0. The number of carbonyl (C=O) groups excluding carboxylic acids is 3. The molecule has 1 aliphatic heterocycles. The predicted octanol–water partition coefficient (Wildman–Crippen LogP) is 4.24. The van der Waals surface area contributed by atoms with Crippen molar-refractivity contribution in [3.05, 3.63) is 71.8 Å². The number of hydrogen-bond acceptors (Lipinski definition) is 4. The highest BCUT2D eigenvalue weighted by Crippen LogP contribution is 2.74. The van der Waals surface area contributed by atoms with Crippen LogP contribution in [-0.4, -0.2) is 16.0 Å². The molecule has 5 rings (SSSR count). The van der Waals surface area contributed by atoms with E-state index in [2.05, 4.69) is 0 Å². The maximum absolute atomic E-state index is 13.7. The number of allylic oxidation sites excluding steroid dienone is 2. The van der Waals surface area contributed by atoms with Gasteiger partial charge in [-0.15, -0.1) is 0 Å². The van der Waals surface area contributed by atoms with Crippen LogP contribution >= 0.6 is 11.8 Å². The van der Waals surface area contributed by atoms with E-state index in [1.54, 1.807) is 0 Å². The van der Waals surface area contributed by atoms with Crippen LogP contribution < -0.4 is 0 Å². The van der Waals surface area contributed by atoms with Gasteiger partial charge in [0, 0.05) is 0 Å². The standard InChI is InChI=1S/C23H18O3S/c1-22-15(13-9-5-3-6-10-13)16(14-11-7-4-8-12-14)23(2,21(22)26)18-17(22)19(24)27-20(18)25/h3-12,17-18H,1-2H3. The predicted molar refractivity (Wildman–Crippen MR) is 106 cm³/mol. The molecule has 2 aliphatic carbocycles. The highest BCUT2D eigenvalue weighted by molar-refractivity contribution is 8.26. The van der Waals surface area contributed by atoms with E-state index in [9.17, 15) is 14.4 Å². The SMILES string of the molecule is CC12C(=O)C(C)(C(c3ccccc3)=C1c1ccccc1)C1C(=O)SC(=O)C12. The molecular formula is C23H18O3S. The molecule has 0 radical (unpaired) electrons. The smallest absolute Gasteiger partial charge is 0.201 e. The Bertz CT molecular complexity index is 958. The molecule has 4 heteroatoms. The number of ketones is 1. The minimum atomic E-state index is -0.970. The number of rotatable bonds is 2. The quantitative estimate of drug-likeness (QED) is 0.789. The number of carbonyl (C=O) groups is 3. The van der Waals surface area contributed by atoms with Gasteiger partial charge < -0.3 is 0 Å². The van der Waals surface area contributed by atoms with E-state index in [1.165, 1.54) is 0 Å². The minimum absolute atomic E-state index is 0.00436. The fraction of sp³-hybridized carbons (Fsp3) is 0.261. The summed E-state index contributed by atoms with van der Waals surface area (Å²) in [4.78, 5) is 39.2. The Hall–Kier alpha value is -2.46. The van der Waals surface area contributed by atoms with Crippen LogP contribution in [0.4, 0.5) is 0 Å². The Morgan fingerprint density at radius 1 is 0.667 bits per heavy atom. The highest BCUT2D eigenvalue weighted by Gasteiger charge is 2.77. The fourth-order valence-electron chi connectivity index (χ4n) is 5.61. The zero-order chi connectivity index (χ0) is 19.0. The first kappa shape index (κ1) is 16.7. The van der Waals surface area contributed by atoms with Crippen LogP contribution in [-0.2, 0) is 14.4 Å². The summed E-state index contributed by atoms with van der Waals surface area (Å²) in [5, 5.41) is -0.324. The molecule has 2 aromatic rings. The van der Waals surface area contributed by atoms with Crippen LogP contribution in [0.1, 0.15) is 25.0 Å². The molecule has 4 unspecified atom stereocenters. The Morgan fingerprint density at radius 3 is 1.41 bits per heavy atom. The van der Waals surface area contributed by atoms with Gasteiger partial charge in [0.1, 0.15) is 0 Å². The molecule has 0 amide bonds. The van der Waals surface area contributed by atoms with Gasteiger partial charge in [-0.2, -0.15) is 0 Å². The average molecular weight is 374 g/mol. The lowest BCUT2D eigenvalue weighted by Gasteiger charge is -2.36. The van der Waals surface area contributed by atoms with E-state index in [0.29, 0.717) is 0 Å². The Balaban J connectivity index is 1.90. The third-order valence-corrected chi connectivity index (χ3v) is 7.55. The van der Waals surface area contributed by atoms with E-state index in [0.717, 1.165) is 34.0 Å². The zero-order valence-corrected chi connectivity index (χ0v) is 15.9. The number of fused-ring (bicyclic) bond motifs is 5. The summed E-state index contributed by atoms with van der Waals surface area (Å²) >= 11 is 0.797. The monoisotopic (exact) mass is 374 g/mol. The molecule has 3 nitrogen and oxygen atoms in total. The van der Waals surface area contributed by atoms with Gasteiger partial charge in [0.2, 0.25) is 10.2 Å². The highest BCUT2D eigenvalue weighted by atomic mass is 32.2. The van der Waals surface area contributed by atoms with Crippen LogP contribution in [0.5, 0.6) is 0 Å². The molecule has 2 fully saturated rings. The third kappa shape index (κ3) is 1.82. The second-order valence-electron chi connectivity index (χ2n) is 7.91. The molecule has 2 aromatic carbocycles. The lowest BCUT2D eigenvalue weighted by atomic mass is 9.63. The Labute approximate surface area is 161 Å². The van der Waals surface area contributed by atoms with Gasteiger partial charge in [-0.1, -0.05) is 60.7 Å². The van der Waals surface area contributed by atoms with Gasteiger partial charge in [0.05, 0.1) is 22.7 Å². The van der Waals surface area contributed by atoms with Crippen LogP contribution in [0.2, 0.25) is 0 Å². The van der Waals surface area contributed by atoms with E-state index >= 15 is 0 Å². The maximum atomic E-state index is 13.7. The van der Waals surface area contributed by atoms with Crippen molar-refractivity contribution in [2.75, 3.05) is 0 Å². The van der Waals surface area contributed by atoms with Crippen LogP contribution in [0.15, 0.2) is 60.7 Å². The first-order valence-electron chi connectivity index (χ1n) is 9.08. The number of hydrogen-bond donors (Lipinski definition) is 0. The van der Waals surface area contributed by atoms with Crippen LogP contribution in [0.25, 0.3) is 11.1 Å². The van der Waals surface area contributed by atoms with Crippen molar-refractivity contribution in [3.8, 4) is 0 Å². The third-order valence-electron chi connectivity index (χ3n) is 6.64. The van der Waals surface area contributed by atoms with Gasteiger partial charge in [-0.05, 0) is 47.9 Å². The molecule has 27 heavy (non-hydrogen) atoms. The largest absolute Gasteiger partial charge is 0.298 e. The first-order chi connectivity index (χ1) is 12.9. The van der Waals surface area contributed by atoms with Gasteiger partial charge in [-0.3, -0.25) is 14.4 Å². The molecule has 0 N–H and O–H groups in total. The molecule has 0 aromatic heterocycles. The van der Waals surface area contributed by atoms with Crippen molar-refractivity contribution in [2.45, 2.75) is 13.8 Å². The topological polar surface area (TPSA) is 51.2 Å². The minimum Gasteiger partial charge on any atom is -0.298 e. The molecule has 4 atom stereocenters. The molecule has 1 heterocycles. The lowest BCUT2D eigenvalue weighted by molar-refractivity contribution is -0.129. The van der Waals surface area contributed by atoms with E-state index in [1.807, 2.05) is 74.5 Å². The molecule has 134 valence electrons. The van der Waals surface area contributed by atoms with Gasteiger partial charge in [0.15, 0.2) is 5.78 Å². The molecule has 1 saturated heterocycles. The summed E-state index contributed by atoms with van der Waals surface area (Å²) in [5.41, 5.74) is 1.78. The van der Waals surface area contributed by atoms with Crippen molar-refractivity contribution in [3.63, 3.8) is 0 Å². The van der Waals surface area contributed by atoms with E-state index in [-0.39, 0.29) is 16.0 Å². The van der Waals surface area contributed by atoms with Crippen molar-refractivity contribution in [2.24, 2.45) is 22.7 Å². The summed E-state index contributed by atoms with van der Waals surface area (Å²) in [6.45, 7) is 3.74. The fourth-order valence-corrected chi connectivity index (χ4v) is 6.81. The summed E-state index contributed by atoms with van der Waals surface area (Å²) in [6, 6.07) is 19.6. The second-order valence-corrected chi connectivity index (χ2v) is 8.92. The lowest BCUT2D eigenvalue weighted by Crippen LogP contribution is -2.35. The second kappa shape index (κ2) is 5.29. The molecular weight excluding hydrogens is 356 g/mol. The normalized spacial score (nSPS) is 34.5. The summed E-state index contributed by atoms with van der Waals surface area (Å²) < 4.78 is 0. The van der Waals surface area contributed by atoms with E-state index < -0.39 is 22.7 Å². The van der Waals surface area contributed by atoms with Gasteiger partial charge in [-0.25, -0.2) is 0 Å². The van der Waals surface area contributed by atoms with Gasteiger partial charge in [0.25, 0.3) is 0 Å². The molecule has 0 spiro atoms. The van der Waals surface area contributed by atoms with E-state index in [4.69, 9.17) is 0 Å². The van der Waals surface area contributed by atoms with Crippen molar-refractivity contribution < 1.29 is 14.4 Å². The van der Waals surface area contributed by atoms with Crippen molar-refractivity contribution in [1.29, 1.82) is 0 Å². The molecule has 1 saturated carbocycles. The van der Waals surface area contributed by atoms with Crippen LogP contribution in [0, 0.1) is 22.7 Å². The molecule has 3 aliphatic rings. The van der Waals surface area contributed by atoms with Gasteiger partial charge >= 0.3 is 0 Å². The summed E-state index contributed by atoms with van der Waals surface area (Å²) in [5.74, 6) is -1.14. The average Bonchev–Trinajstić information content (AvgIpc) is 3.15. The first-order valence-corrected chi connectivity index (χ1v) is 9.90. The Morgan fingerprint density at radius 2 is 1.04 bits per heavy atom. The zero-order valence-electron chi connectivity index (χ0n) is 15.1. The van der Waals surface area contributed by atoms with Crippen LogP contribution in [0.3, 0.4) is 0 Å². The van der Waals surface area contributed by atoms with Crippen molar-refractivity contribution >= 4 is 38.9 Å². The number of thioether (sulfide) groups is 1. The van der Waals surface area contributed by atoms with Crippen molar-refractivity contribution in [1.82, 2.24) is 0 Å². The Kier molecular flexibility index (Phi) is 3.27.